The molecule has 0 heteroatoms. The summed E-state index contributed by atoms with van der Waals surface area (Å²) in [6.45, 7) is 31.2. The summed E-state index contributed by atoms with van der Waals surface area (Å²) in [5.74, 6) is 17.2. The molecule has 5 aliphatic carbocycles. The average Bonchev–Trinajstić information content (AvgIpc) is 4.14. The van der Waals surface area contributed by atoms with Crippen LogP contribution in [0.5, 0.6) is 0 Å². The average molecular weight is 984 g/mol. The van der Waals surface area contributed by atoms with E-state index in [0.717, 1.165) is 112 Å². The van der Waals surface area contributed by atoms with Gasteiger partial charge < -0.3 is 0 Å². The molecule has 5 rings (SSSR count). The molecule has 0 aromatic carbocycles. The molecule has 0 radical (unpaired) electrons. The highest BCUT2D eigenvalue weighted by Gasteiger charge is 2.44. The predicted octanol–water partition coefficient (Wildman–Crippen LogP) is 23.5. The van der Waals surface area contributed by atoms with E-state index in [2.05, 4.69) is 101 Å². The van der Waals surface area contributed by atoms with Gasteiger partial charge in [0.1, 0.15) is 0 Å². The summed E-state index contributed by atoms with van der Waals surface area (Å²) in [6, 6.07) is 0. The highest BCUT2D eigenvalue weighted by molar-refractivity contribution is 5.06. The second kappa shape index (κ2) is 33.6. The third kappa shape index (κ3) is 19.5. The van der Waals surface area contributed by atoms with Crippen LogP contribution >= 0.6 is 0 Å². The van der Waals surface area contributed by atoms with Crippen LogP contribution in [0.2, 0.25) is 0 Å². The molecule has 0 bridgehead atoms. The molecular weight excluding hydrogens is 853 g/mol. The lowest BCUT2D eigenvalue weighted by Gasteiger charge is -2.47. The van der Waals surface area contributed by atoms with E-state index in [1.54, 1.807) is 5.57 Å². The Kier molecular flexibility index (Phi) is 29.0. The van der Waals surface area contributed by atoms with Crippen molar-refractivity contribution in [3.8, 4) is 0 Å². The van der Waals surface area contributed by atoms with Crippen LogP contribution in [0.4, 0.5) is 0 Å². The molecule has 0 aromatic rings. The van der Waals surface area contributed by atoms with Crippen LogP contribution in [0, 0.1) is 112 Å². The van der Waals surface area contributed by atoms with E-state index in [1.807, 2.05) is 0 Å². The normalized spacial score (nSPS) is 28.8. The van der Waals surface area contributed by atoms with Crippen molar-refractivity contribution < 1.29 is 0 Å². The van der Waals surface area contributed by atoms with Gasteiger partial charge in [-0.25, -0.2) is 0 Å². The fourth-order valence-electron chi connectivity index (χ4n) is 18.4. The van der Waals surface area contributed by atoms with Crippen LogP contribution in [0.15, 0.2) is 23.8 Å². The first-order valence-corrected chi connectivity index (χ1v) is 33.7. The van der Waals surface area contributed by atoms with Gasteiger partial charge in [-0.1, -0.05) is 241 Å². The Labute approximate surface area is 448 Å². The summed E-state index contributed by atoms with van der Waals surface area (Å²) in [5.41, 5.74) is 1.74. The van der Waals surface area contributed by atoms with E-state index in [9.17, 15) is 0 Å². The minimum absolute atomic E-state index is 0.797. The second-order valence-corrected chi connectivity index (χ2v) is 28.3. The van der Waals surface area contributed by atoms with Crippen LogP contribution in [-0.4, -0.2) is 0 Å². The van der Waals surface area contributed by atoms with Crippen molar-refractivity contribution in [3.63, 3.8) is 0 Å². The summed E-state index contributed by atoms with van der Waals surface area (Å²) in [6.07, 6.45) is 60.9. The highest BCUT2D eigenvalue weighted by atomic mass is 14.5. The first-order valence-electron chi connectivity index (χ1n) is 33.7. The Morgan fingerprint density at radius 3 is 1.70 bits per heavy atom. The summed E-state index contributed by atoms with van der Waals surface area (Å²) >= 11 is 0. The minimum Gasteiger partial charge on any atom is -0.0914 e. The van der Waals surface area contributed by atoms with Gasteiger partial charge in [-0.15, -0.1) is 0 Å². The van der Waals surface area contributed by atoms with Gasteiger partial charge in [-0.3, -0.25) is 0 Å². The van der Waals surface area contributed by atoms with E-state index >= 15 is 0 Å². The van der Waals surface area contributed by atoms with Crippen LogP contribution in [0.1, 0.15) is 314 Å². The zero-order chi connectivity index (χ0) is 51.1. The molecule has 414 valence electrons. The quantitative estimate of drug-likeness (QED) is 0.0575. The summed E-state index contributed by atoms with van der Waals surface area (Å²) in [4.78, 5) is 0. The second-order valence-electron chi connectivity index (χ2n) is 28.3. The molecule has 14 unspecified atom stereocenters. The van der Waals surface area contributed by atoms with Gasteiger partial charge >= 0.3 is 0 Å². The van der Waals surface area contributed by atoms with Crippen molar-refractivity contribution >= 4 is 0 Å². The van der Waals surface area contributed by atoms with Gasteiger partial charge in [0.2, 0.25) is 0 Å². The largest absolute Gasteiger partial charge is 0.0914 e. The lowest BCUT2D eigenvalue weighted by atomic mass is 9.58. The number of rotatable bonds is 33. The molecule has 0 nitrogen and oxygen atoms in total. The minimum atomic E-state index is 0.797. The fraction of sp³-hybridized carbons (Fsp3) is 0.944. The predicted molar refractivity (Wildman–Crippen MR) is 318 cm³/mol. The smallest absolute Gasteiger partial charge is 0.0202 e. The van der Waals surface area contributed by atoms with Gasteiger partial charge in [-0.2, -0.15) is 0 Å². The molecule has 71 heavy (non-hydrogen) atoms. The Morgan fingerprint density at radius 2 is 1.07 bits per heavy atom. The van der Waals surface area contributed by atoms with Crippen LogP contribution < -0.4 is 0 Å². The van der Waals surface area contributed by atoms with Crippen molar-refractivity contribution in [1.29, 1.82) is 0 Å². The lowest BCUT2D eigenvalue weighted by Crippen LogP contribution is -2.39. The van der Waals surface area contributed by atoms with Crippen molar-refractivity contribution in [1.82, 2.24) is 0 Å². The first kappa shape index (κ1) is 61.3. The number of allylic oxidation sites excluding steroid dienone is 4. The molecule has 0 aromatic heterocycles. The van der Waals surface area contributed by atoms with Gasteiger partial charge in [0, 0.05) is 0 Å². The SMILES string of the molecule is C/C=C\C(CC(C(C)CC(C)C(CCC(C)CCC(CCC)C(C)CCCC)C(C1CCCC1)C1CCC(/C(C)=C/CCC)CC1)C1CCCCC1C(C)C(C)CCC(C)C1CCCCC1)C1CCCC1. The van der Waals surface area contributed by atoms with Gasteiger partial charge in [-0.05, 0) is 210 Å². The third-order valence-corrected chi connectivity index (χ3v) is 23.4. The van der Waals surface area contributed by atoms with Crippen LogP contribution in [-0.2, 0) is 0 Å². The molecule has 0 heterocycles. The lowest BCUT2D eigenvalue weighted by molar-refractivity contribution is 0.0239. The number of unbranched alkanes of at least 4 members (excludes halogenated alkanes) is 2. The van der Waals surface area contributed by atoms with Crippen molar-refractivity contribution in [2.45, 2.75) is 314 Å². The van der Waals surface area contributed by atoms with Crippen molar-refractivity contribution in [2.24, 2.45) is 112 Å². The monoisotopic (exact) mass is 983 g/mol. The Morgan fingerprint density at radius 1 is 0.479 bits per heavy atom. The maximum Gasteiger partial charge on any atom is -0.0202 e. The standard InChI is InChI=1S/C71H130/c1-13-17-30-54(7)60(28-15-3)44-40-52(5)41-49-67(71(64-36-24-25-37-64)65-47-45-62(46-48-65)55(8)31-18-14-2)57(10)50-58(11)70(51-66(29-16-4)63-34-22-23-35-63)69-39-27-26-38-68(69)59(12)53(6)42-43-56(9)61-32-20-19-21-33-61/h16,29,31,52-54,56-71H,13-15,17-28,30,32-51H2,1-12H3/b29-16-,55-31+. The Hall–Kier alpha value is -0.520. The highest BCUT2D eigenvalue weighted by Crippen LogP contribution is 2.53. The molecule has 14 atom stereocenters. The topological polar surface area (TPSA) is 0 Å². The maximum atomic E-state index is 2.87. The van der Waals surface area contributed by atoms with Crippen molar-refractivity contribution in [2.75, 3.05) is 0 Å². The molecule has 5 fully saturated rings. The molecule has 0 N–H and O–H groups in total. The van der Waals surface area contributed by atoms with E-state index in [-0.39, 0.29) is 0 Å². The molecule has 0 aliphatic heterocycles. The van der Waals surface area contributed by atoms with E-state index in [4.69, 9.17) is 0 Å². The Bertz CT molecular complexity index is 1390. The molecule has 0 spiro atoms. The molecular formula is C71H130. The zero-order valence-corrected chi connectivity index (χ0v) is 50.7. The third-order valence-electron chi connectivity index (χ3n) is 23.4. The van der Waals surface area contributed by atoms with Crippen LogP contribution in [0.3, 0.4) is 0 Å². The fourth-order valence-corrected chi connectivity index (χ4v) is 18.4. The number of hydrogen-bond donors (Lipinski definition) is 0. The number of hydrogen-bond acceptors (Lipinski definition) is 0. The molecule has 5 aliphatic rings. The van der Waals surface area contributed by atoms with E-state index < -0.39 is 0 Å². The molecule has 5 saturated carbocycles. The van der Waals surface area contributed by atoms with E-state index in [0.29, 0.717) is 0 Å². The van der Waals surface area contributed by atoms with E-state index in [1.165, 1.54) is 231 Å². The zero-order valence-electron chi connectivity index (χ0n) is 50.7. The van der Waals surface area contributed by atoms with Gasteiger partial charge in [0.05, 0.1) is 0 Å². The summed E-state index contributed by atoms with van der Waals surface area (Å²) in [5, 5.41) is 0. The summed E-state index contributed by atoms with van der Waals surface area (Å²) < 4.78 is 0. The Balaban J connectivity index is 1.41. The van der Waals surface area contributed by atoms with Gasteiger partial charge in [0.25, 0.3) is 0 Å². The summed E-state index contributed by atoms with van der Waals surface area (Å²) in [7, 11) is 0. The maximum absolute atomic E-state index is 2.87. The molecule has 0 amide bonds. The molecule has 0 saturated heterocycles. The van der Waals surface area contributed by atoms with Crippen LogP contribution in [0.25, 0.3) is 0 Å². The first-order chi connectivity index (χ1) is 34.4. The van der Waals surface area contributed by atoms with Crippen molar-refractivity contribution in [3.05, 3.63) is 23.8 Å². The van der Waals surface area contributed by atoms with Gasteiger partial charge in [0.15, 0.2) is 0 Å².